The van der Waals surface area contributed by atoms with Crippen molar-refractivity contribution >= 4 is 5.78 Å². The van der Waals surface area contributed by atoms with E-state index in [1.54, 1.807) is 6.92 Å². The fourth-order valence-electron chi connectivity index (χ4n) is 5.16. The Morgan fingerprint density at radius 1 is 1.00 bits per heavy atom. The number of carbonyl (C=O) groups is 1. The van der Waals surface area contributed by atoms with Gasteiger partial charge in [-0.05, 0) is 87.5 Å². The molecule has 0 heterocycles. The van der Waals surface area contributed by atoms with Crippen LogP contribution in [-0.4, -0.2) is 11.4 Å². The highest BCUT2D eigenvalue weighted by atomic mass is 16.5. The minimum absolute atomic E-state index is 0.104. The average molecular weight is 270 g/mol. The summed E-state index contributed by atoms with van der Waals surface area (Å²) in [6.45, 7) is 1.61. The third-order valence-corrected chi connectivity index (χ3v) is 5.58. The van der Waals surface area contributed by atoms with E-state index < -0.39 is 0 Å². The molecule has 4 fully saturated rings. The van der Waals surface area contributed by atoms with Crippen molar-refractivity contribution in [3.8, 4) is 5.75 Å². The van der Waals surface area contributed by atoms with Gasteiger partial charge in [0.1, 0.15) is 11.4 Å². The molecule has 0 N–H and O–H groups in total. The second kappa shape index (κ2) is 4.34. The van der Waals surface area contributed by atoms with Crippen molar-refractivity contribution in [2.45, 2.75) is 51.0 Å². The summed E-state index contributed by atoms with van der Waals surface area (Å²) in [6, 6.07) is 7.71. The first-order chi connectivity index (χ1) is 9.62. The summed E-state index contributed by atoms with van der Waals surface area (Å²) in [7, 11) is 0. The van der Waals surface area contributed by atoms with Gasteiger partial charge in [0.2, 0.25) is 0 Å². The van der Waals surface area contributed by atoms with Crippen LogP contribution in [0.4, 0.5) is 0 Å². The fraction of sp³-hybridized carbons (Fsp3) is 0.611. The molecule has 0 unspecified atom stereocenters. The molecule has 4 aliphatic carbocycles. The zero-order valence-corrected chi connectivity index (χ0v) is 12.1. The highest BCUT2D eigenvalue weighted by molar-refractivity contribution is 5.94. The van der Waals surface area contributed by atoms with Crippen LogP contribution in [0.2, 0.25) is 0 Å². The molecule has 0 atom stereocenters. The maximum atomic E-state index is 11.3. The van der Waals surface area contributed by atoms with Gasteiger partial charge >= 0.3 is 0 Å². The molecule has 5 rings (SSSR count). The molecule has 0 aliphatic heterocycles. The van der Waals surface area contributed by atoms with Crippen molar-refractivity contribution in [2.24, 2.45) is 17.8 Å². The Morgan fingerprint density at radius 2 is 1.50 bits per heavy atom. The molecule has 1 aromatic rings. The number of Topliss-reactive ketones (excluding diaryl/α,β-unsaturated/α-hetero) is 1. The maximum absolute atomic E-state index is 11.3. The smallest absolute Gasteiger partial charge is 0.159 e. The Balaban J connectivity index is 1.55. The Hall–Kier alpha value is -1.31. The molecule has 0 aromatic heterocycles. The summed E-state index contributed by atoms with van der Waals surface area (Å²) in [4.78, 5) is 11.3. The average Bonchev–Trinajstić information content (AvgIpc) is 2.37. The maximum Gasteiger partial charge on any atom is 0.159 e. The Bertz CT molecular complexity index is 494. The molecule has 2 heteroatoms. The summed E-state index contributed by atoms with van der Waals surface area (Å²) in [5.41, 5.74) is 0.870. The first-order valence-corrected chi connectivity index (χ1v) is 7.92. The Morgan fingerprint density at radius 3 is 1.95 bits per heavy atom. The Kier molecular flexibility index (Phi) is 2.70. The highest BCUT2D eigenvalue weighted by Crippen LogP contribution is 2.56. The zero-order chi connectivity index (χ0) is 13.7. The van der Waals surface area contributed by atoms with E-state index in [-0.39, 0.29) is 11.4 Å². The zero-order valence-electron chi connectivity index (χ0n) is 12.1. The summed E-state index contributed by atoms with van der Waals surface area (Å²) >= 11 is 0. The van der Waals surface area contributed by atoms with Crippen LogP contribution < -0.4 is 4.74 Å². The molecule has 0 amide bonds. The van der Waals surface area contributed by atoms with Crippen LogP contribution in [0.25, 0.3) is 0 Å². The standard InChI is InChI=1S/C18H22O2/c1-12(19)16-2-4-17(5-3-16)20-18-9-13-6-14(10-18)8-15(7-13)11-18/h2-5,13-15H,6-11H2,1H3. The molecule has 4 saturated carbocycles. The fourth-order valence-corrected chi connectivity index (χ4v) is 5.16. The summed E-state index contributed by atoms with van der Waals surface area (Å²) in [5.74, 6) is 3.76. The van der Waals surface area contributed by atoms with Gasteiger partial charge in [-0.25, -0.2) is 0 Å². The van der Waals surface area contributed by atoms with Crippen molar-refractivity contribution in [2.75, 3.05) is 0 Å². The Labute approximate surface area is 120 Å². The second-order valence-corrected chi connectivity index (χ2v) is 7.28. The van der Waals surface area contributed by atoms with Gasteiger partial charge in [-0.15, -0.1) is 0 Å². The number of rotatable bonds is 3. The lowest BCUT2D eigenvalue weighted by Crippen LogP contribution is -2.53. The minimum Gasteiger partial charge on any atom is -0.487 e. The number of hydrogen-bond acceptors (Lipinski definition) is 2. The van der Waals surface area contributed by atoms with Gasteiger partial charge in [0.15, 0.2) is 5.78 Å². The van der Waals surface area contributed by atoms with Crippen molar-refractivity contribution in [3.05, 3.63) is 29.8 Å². The van der Waals surface area contributed by atoms with Crippen molar-refractivity contribution in [1.29, 1.82) is 0 Å². The van der Waals surface area contributed by atoms with E-state index in [4.69, 9.17) is 4.74 Å². The molecule has 4 bridgehead atoms. The van der Waals surface area contributed by atoms with Gasteiger partial charge in [-0.3, -0.25) is 4.79 Å². The summed E-state index contributed by atoms with van der Waals surface area (Å²) in [5, 5.41) is 0. The minimum atomic E-state index is 0.104. The van der Waals surface area contributed by atoms with E-state index in [0.29, 0.717) is 0 Å². The molecular formula is C18H22O2. The van der Waals surface area contributed by atoms with Crippen LogP contribution in [0.3, 0.4) is 0 Å². The predicted octanol–water partition coefficient (Wildman–Crippen LogP) is 4.24. The van der Waals surface area contributed by atoms with Gasteiger partial charge in [-0.2, -0.15) is 0 Å². The molecule has 1 aromatic carbocycles. The van der Waals surface area contributed by atoms with E-state index in [9.17, 15) is 4.79 Å². The number of ketones is 1. The molecule has 0 spiro atoms. The van der Waals surface area contributed by atoms with E-state index in [2.05, 4.69) is 0 Å². The predicted molar refractivity (Wildman–Crippen MR) is 78.0 cm³/mol. The normalized spacial score (nSPS) is 38.0. The third-order valence-electron chi connectivity index (χ3n) is 5.58. The third kappa shape index (κ3) is 2.06. The van der Waals surface area contributed by atoms with E-state index >= 15 is 0 Å². The topological polar surface area (TPSA) is 26.3 Å². The summed E-state index contributed by atoms with van der Waals surface area (Å²) in [6.07, 6.45) is 8.04. The van der Waals surface area contributed by atoms with E-state index in [1.165, 1.54) is 38.5 Å². The van der Waals surface area contributed by atoms with Crippen LogP contribution in [0, 0.1) is 17.8 Å². The van der Waals surface area contributed by atoms with E-state index in [1.807, 2.05) is 24.3 Å². The second-order valence-electron chi connectivity index (χ2n) is 7.28. The SMILES string of the molecule is CC(=O)c1ccc(OC23CC4CC(CC(C4)C2)C3)cc1. The lowest BCUT2D eigenvalue weighted by Gasteiger charge is -2.56. The van der Waals surface area contributed by atoms with Crippen LogP contribution in [0.1, 0.15) is 55.8 Å². The molecule has 4 aliphatic rings. The van der Waals surface area contributed by atoms with Crippen molar-refractivity contribution in [3.63, 3.8) is 0 Å². The number of hydrogen-bond donors (Lipinski definition) is 0. The first-order valence-electron chi connectivity index (χ1n) is 7.92. The molecule has 0 saturated heterocycles. The van der Waals surface area contributed by atoms with Crippen LogP contribution in [0.15, 0.2) is 24.3 Å². The monoisotopic (exact) mass is 270 g/mol. The number of carbonyl (C=O) groups excluding carboxylic acids is 1. The first kappa shape index (κ1) is 12.4. The summed E-state index contributed by atoms with van der Waals surface area (Å²) < 4.78 is 6.44. The van der Waals surface area contributed by atoms with Crippen LogP contribution in [-0.2, 0) is 0 Å². The van der Waals surface area contributed by atoms with Crippen LogP contribution >= 0.6 is 0 Å². The molecule has 20 heavy (non-hydrogen) atoms. The van der Waals surface area contributed by atoms with Crippen LogP contribution in [0.5, 0.6) is 5.75 Å². The number of benzene rings is 1. The van der Waals surface area contributed by atoms with Gasteiger partial charge in [0, 0.05) is 5.56 Å². The van der Waals surface area contributed by atoms with Crippen molar-refractivity contribution < 1.29 is 9.53 Å². The molecule has 2 nitrogen and oxygen atoms in total. The van der Waals surface area contributed by atoms with Gasteiger partial charge < -0.3 is 4.74 Å². The van der Waals surface area contributed by atoms with E-state index in [0.717, 1.165) is 29.1 Å². The molecule has 0 radical (unpaired) electrons. The lowest BCUT2D eigenvalue weighted by atomic mass is 9.54. The quantitative estimate of drug-likeness (QED) is 0.768. The lowest BCUT2D eigenvalue weighted by molar-refractivity contribution is -0.107. The number of ether oxygens (including phenoxy) is 1. The highest BCUT2D eigenvalue weighted by Gasteiger charge is 2.52. The van der Waals surface area contributed by atoms with Gasteiger partial charge in [0.05, 0.1) is 0 Å². The van der Waals surface area contributed by atoms with Gasteiger partial charge in [-0.1, -0.05) is 0 Å². The molecule has 106 valence electrons. The van der Waals surface area contributed by atoms with Crippen molar-refractivity contribution in [1.82, 2.24) is 0 Å². The largest absolute Gasteiger partial charge is 0.487 e. The molecular weight excluding hydrogens is 248 g/mol. The van der Waals surface area contributed by atoms with Gasteiger partial charge in [0.25, 0.3) is 0 Å².